The van der Waals surface area contributed by atoms with Crippen molar-refractivity contribution >= 4 is 17.6 Å². The number of ether oxygens (including phenoxy) is 1. The molecule has 0 radical (unpaired) electrons. The molecule has 0 saturated carbocycles. The third-order valence-corrected chi connectivity index (χ3v) is 3.13. The lowest BCUT2D eigenvalue weighted by molar-refractivity contribution is 0.0526. The SMILES string of the molecule is CCOC(=O)c1cnn(-c2cccc(CC)c2)c1Cl. The van der Waals surface area contributed by atoms with E-state index in [1.165, 1.54) is 16.4 Å². The maximum atomic E-state index is 11.7. The first-order valence-electron chi connectivity index (χ1n) is 6.17. The van der Waals surface area contributed by atoms with Crippen LogP contribution in [-0.4, -0.2) is 22.4 Å². The highest BCUT2D eigenvalue weighted by Crippen LogP contribution is 2.21. The van der Waals surface area contributed by atoms with E-state index in [-0.39, 0.29) is 10.7 Å². The number of rotatable bonds is 4. The van der Waals surface area contributed by atoms with E-state index in [1.807, 2.05) is 24.3 Å². The summed E-state index contributed by atoms with van der Waals surface area (Å²) in [4.78, 5) is 11.7. The van der Waals surface area contributed by atoms with E-state index in [0.717, 1.165) is 12.1 Å². The molecule has 4 nitrogen and oxygen atoms in total. The fourth-order valence-electron chi connectivity index (χ4n) is 1.77. The Bertz CT molecular complexity index is 593. The molecule has 0 aliphatic carbocycles. The molecule has 0 fully saturated rings. The molecule has 5 heteroatoms. The van der Waals surface area contributed by atoms with Crippen LogP contribution in [0, 0.1) is 0 Å². The summed E-state index contributed by atoms with van der Waals surface area (Å²) in [6.45, 7) is 4.14. The van der Waals surface area contributed by atoms with Crippen molar-refractivity contribution in [1.82, 2.24) is 9.78 Å². The Balaban J connectivity index is 2.38. The largest absolute Gasteiger partial charge is 0.462 e. The van der Waals surface area contributed by atoms with E-state index in [1.54, 1.807) is 6.92 Å². The molecule has 0 bridgehead atoms. The molecule has 0 amide bonds. The van der Waals surface area contributed by atoms with Gasteiger partial charge in [0.1, 0.15) is 10.7 Å². The van der Waals surface area contributed by atoms with Gasteiger partial charge >= 0.3 is 5.97 Å². The molecule has 1 heterocycles. The molecule has 1 aromatic carbocycles. The van der Waals surface area contributed by atoms with Gasteiger partial charge in [-0.15, -0.1) is 0 Å². The number of aromatic nitrogens is 2. The van der Waals surface area contributed by atoms with E-state index in [4.69, 9.17) is 16.3 Å². The highest BCUT2D eigenvalue weighted by atomic mass is 35.5. The molecule has 0 aliphatic heterocycles. The Labute approximate surface area is 116 Å². The van der Waals surface area contributed by atoms with Crippen molar-refractivity contribution in [3.05, 3.63) is 46.7 Å². The molecular formula is C14H15ClN2O2. The summed E-state index contributed by atoms with van der Waals surface area (Å²) in [6.07, 6.45) is 2.36. The molecule has 0 atom stereocenters. The fourth-order valence-corrected chi connectivity index (χ4v) is 2.03. The van der Waals surface area contributed by atoms with Crippen molar-refractivity contribution in [2.75, 3.05) is 6.61 Å². The lowest BCUT2D eigenvalue weighted by atomic mass is 10.1. The highest BCUT2D eigenvalue weighted by molar-refractivity contribution is 6.32. The average Bonchev–Trinajstić information content (AvgIpc) is 2.81. The topological polar surface area (TPSA) is 44.1 Å². The van der Waals surface area contributed by atoms with Gasteiger partial charge in [-0.2, -0.15) is 5.10 Å². The smallest absolute Gasteiger partial charge is 0.342 e. The van der Waals surface area contributed by atoms with Crippen LogP contribution in [0.5, 0.6) is 0 Å². The standard InChI is InChI=1S/C14H15ClN2O2/c1-3-10-6-5-7-11(8-10)17-13(15)12(9-16-17)14(18)19-4-2/h5-9H,3-4H2,1-2H3. The van der Waals surface area contributed by atoms with Crippen LogP contribution in [0.15, 0.2) is 30.5 Å². The summed E-state index contributed by atoms with van der Waals surface area (Å²) in [7, 11) is 0. The zero-order valence-electron chi connectivity index (χ0n) is 10.9. The zero-order valence-corrected chi connectivity index (χ0v) is 11.6. The van der Waals surface area contributed by atoms with E-state index in [9.17, 15) is 4.79 Å². The Morgan fingerprint density at radius 3 is 2.89 bits per heavy atom. The predicted octanol–water partition coefficient (Wildman–Crippen LogP) is 3.26. The molecule has 100 valence electrons. The van der Waals surface area contributed by atoms with Gasteiger partial charge in [-0.25, -0.2) is 9.48 Å². The monoisotopic (exact) mass is 278 g/mol. The molecule has 2 aromatic rings. The number of halogens is 1. The van der Waals surface area contributed by atoms with Crippen molar-refractivity contribution in [2.45, 2.75) is 20.3 Å². The van der Waals surface area contributed by atoms with Gasteiger partial charge in [0.05, 0.1) is 18.5 Å². The molecule has 19 heavy (non-hydrogen) atoms. The maximum absolute atomic E-state index is 11.7. The third kappa shape index (κ3) is 2.79. The number of benzene rings is 1. The van der Waals surface area contributed by atoms with Crippen LogP contribution in [0.3, 0.4) is 0 Å². The molecule has 0 unspecified atom stereocenters. The van der Waals surface area contributed by atoms with Crippen LogP contribution in [0.2, 0.25) is 5.15 Å². The van der Waals surface area contributed by atoms with Gasteiger partial charge in [0.25, 0.3) is 0 Å². The van der Waals surface area contributed by atoms with Gasteiger partial charge < -0.3 is 4.74 Å². The lowest BCUT2D eigenvalue weighted by Crippen LogP contribution is -2.05. The lowest BCUT2D eigenvalue weighted by Gasteiger charge is -2.05. The first-order valence-corrected chi connectivity index (χ1v) is 6.55. The average molecular weight is 279 g/mol. The molecule has 2 rings (SSSR count). The van der Waals surface area contributed by atoms with Crippen molar-refractivity contribution < 1.29 is 9.53 Å². The van der Waals surface area contributed by atoms with Crippen LogP contribution in [0.25, 0.3) is 5.69 Å². The van der Waals surface area contributed by atoms with Gasteiger partial charge in [0.15, 0.2) is 0 Å². The zero-order chi connectivity index (χ0) is 13.8. The number of hydrogen-bond acceptors (Lipinski definition) is 3. The summed E-state index contributed by atoms with van der Waals surface area (Å²) in [5.74, 6) is -0.453. The summed E-state index contributed by atoms with van der Waals surface area (Å²) >= 11 is 6.18. The molecule has 0 aliphatic rings. The van der Waals surface area contributed by atoms with E-state index < -0.39 is 5.97 Å². The van der Waals surface area contributed by atoms with Crippen molar-refractivity contribution in [1.29, 1.82) is 0 Å². The Morgan fingerprint density at radius 2 is 2.21 bits per heavy atom. The maximum Gasteiger partial charge on any atom is 0.342 e. The van der Waals surface area contributed by atoms with Crippen molar-refractivity contribution in [3.8, 4) is 5.69 Å². The minimum Gasteiger partial charge on any atom is -0.462 e. The van der Waals surface area contributed by atoms with E-state index >= 15 is 0 Å². The molecular weight excluding hydrogens is 264 g/mol. The summed E-state index contributed by atoms with van der Waals surface area (Å²) in [5.41, 5.74) is 2.30. The molecule has 0 saturated heterocycles. The molecule has 0 N–H and O–H groups in total. The molecule has 0 spiro atoms. The van der Waals surface area contributed by atoms with Crippen LogP contribution in [0.1, 0.15) is 29.8 Å². The fraction of sp³-hybridized carbons (Fsp3) is 0.286. The van der Waals surface area contributed by atoms with Crippen LogP contribution in [-0.2, 0) is 11.2 Å². The number of carbonyl (C=O) groups is 1. The second kappa shape index (κ2) is 5.89. The quantitative estimate of drug-likeness (QED) is 0.806. The summed E-state index contributed by atoms with van der Waals surface area (Å²) < 4.78 is 6.46. The van der Waals surface area contributed by atoms with E-state index in [0.29, 0.717) is 6.61 Å². The first-order chi connectivity index (χ1) is 9.17. The number of esters is 1. The summed E-state index contributed by atoms with van der Waals surface area (Å²) in [6, 6.07) is 7.87. The van der Waals surface area contributed by atoms with Gasteiger partial charge in [-0.3, -0.25) is 0 Å². The van der Waals surface area contributed by atoms with Gasteiger partial charge in [-0.05, 0) is 31.0 Å². The molecule has 1 aromatic heterocycles. The number of aryl methyl sites for hydroxylation is 1. The van der Waals surface area contributed by atoms with Crippen LogP contribution in [0.4, 0.5) is 0 Å². The second-order valence-electron chi connectivity index (χ2n) is 4.00. The predicted molar refractivity (Wildman–Crippen MR) is 73.9 cm³/mol. The Kier molecular flexibility index (Phi) is 4.22. The van der Waals surface area contributed by atoms with Gasteiger partial charge in [0.2, 0.25) is 0 Å². The first kappa shape index (κ1) is 13.6. The third-order valence-electron chi connectivity index (χ3n) is 2.77. The Hall–Kier alpha value is -1.81. The second-order valence-corrected chi connectivity index (χ2v) is 4.36. The minimum absolute atomic E-state index is 0.270. The number of hydrogen-bond donors (Lipinski definition) is 0. The normalized spacial score (nSPS) is 10.5. The number of carbonyl (C=O) groups excluding carboxylic acids is 1. The summed E-state index contributed by atoms with van der Waals surface area (Å²) in [5, 5.41) is 4.42. The Morgan fingerprint density at radius 1 is 1.42 bits per heavy atom. The van der Waals surface area contributed by atoms with Crippen molar-refractivity contribution in [3.63, 3.8) is 0 Å². The van der Waals surface area contributed by atoms with Crippen LogP contribution < -0.4 is 0 Å². The van der Waals surface area contributed by atoms with Crippen LogP contribution >= 0.6 is 11.6 Å². The van der Waals surface area contributed by atoms with Gasteiger partial charge in [0, 0.05) is 0 Å². The minimum atomic E-state index is -0.453. The number of nitrogens with zero attached hydrogens (tertiary/aromatic N) is 2. The van der Waals surface area contributed by atoms with E-state index in [2.05, 4.69) is 12.0 Å². The highest BCUT2D eigenvalue weighted by Gasteiger charge is 2.17. The van der Waals surface area contributed by atoms with Gasteiger partial charge in [-0.1, -0.05) is 30.7 Å². The van der Waals surface area contributed by atoms with Crippen molar-refractivity contribution in [2.24, 2.45) is 0 Å².